The molecule has 33 heavy (non-hydrogen) atoms. The zero-order valence-electron chi connectivity index (χ0n) is 18.2. The van der Waals surface area contributed by atoms with E-state index in [0.717, 1.165) is 35.1 Å². The maximum Gasteiger partial charge on any atom is 0.240 e. The second kappa shape index (κ2) is 7.86. The Labute approximate surface area is 192 Å². The van der Waals surface area contributed by atoms with E-state index in [-0.39, 0.29) is 17.6 Å². The number of aromatic nitrogens is 1. The summed E-state index contributed by atoms with van der Waals surface area (Å²) in [6, 6.07) is 14.1. The third-order valence-corrected chi connectivity index (χ3v) is 7.64. The van der Waals surface area contributed by atoms with Gasteiger partial charge in [-0.3, -0.25) is 4.79 Å². The molecule has 0 radical (unpaired) electrons. The molecule has 2 heterocycles. The van der Waals surface area contributed by atoms with Crippen LogP contribution in [0.25, 0.3) is 11.1 Å². The molecule has 2 aromatic carbocycles. The Bertz CT molecular complexity index is 1350. The number of ether oxygens (including phenoxy) is 2. The van der Waals surface area contributed by atoms with Crippen molar-refractivity contribution in [2.24, 2.45) is 0 Å². The number of hydrogen-bond donors (Lipinski definition) is 2. The van der Waals surface area contributed by atoms with Gasteiger partial charge in [0.2, 0.25) is 22.7 Å². The molecule has 1 aromatic heterocycles. The lowest BCUT2D eigenvalue weighted by molar-refractivity contribution is -0.118. The molecule has 3 aromatic rings. The second-order valence-corrected chi connectivity index (χ2v) is 10.1. The van der Waals surface area contributed by atoms with Gasteiger partial charge in [0, 0.05) is 11.8 Å². The van der Waals surface area contributed by atoms with Crippen LogP contribution in [0.4, 0.5) is 5.82 Å². The van der Waals surface area contributed by atoms with Crippen LogP contribution >= 0.6 is 0 Å². The first kappa shape index (κ1) is 21.4. The Morgan fingerprint density at radius 2 is 1.76 bits per heavy atom. The topological polar surface area (TPSA) is 107 Å². The van der Waals surface area contributed by atoms with Crippen molar-refractivity contribution >= 4 is 21.7 Å². The summed E-state index contributed by atoms with van der Waals surface area (Å²) in [5.41, 5.74) is 2.95. The van der Waals surface area contributed by atoms with Crippen molar-refractivity contribution in [3.05, 3.63) is 65.9 Å². The van der Waals surface area contributed by atoms with E-state index in [1.807, 2.05) is 31.2 Å². The fraction of sp³-hybridized carbons (Fsp3) is 0.250. The molecule has 0 atom stereocenters. The maximum absolute atomic E-state index is 13.1. The lowest BCUT2D eigenvalue weighted by Gasteiger charge is -2.17. The molecule has 1 saturated carbocycles. The summed E-state index contributed by atoms with van der Waals surface area (Å²) in [5.74, 6) is 1.74. The highest BCUT2D eigenvalue weighted by Crippen LogP contribution is 2.51. The Kier molecular flexibility index (Phi) is 5.10. The molecule has 0 spiro atoms. The Hall–Kier alpha value is -3.43. The lowest BCUT2D eigenvalue weighted by atomic mass is 9.94. The third-order valence-electron chi connectivity index (χ3n) is 6.21. The molecule has 0 saturated heterocycles. The summed E-state index contributed by atoms with van der Waals surface area (Å²) < 4.78 is 37.0. The molecule has 170 valence electrons. The van der Waals surface area contributed by atoms with Gasteiger partial charge >= 0.3 is 0 Å². The van der Waals surface area contributed by atoms with Crippen molar-refractivity contribution in [2.45, 2.75) is 30.1 Å². The standard InChI is InChI=1S/C24H23N3O5S/c1-15-11-22(26-13-19(15)16-3-6-18(7-4-16)33(29,30)25-2)27-23(28)24(9-10-24)17-5-8-20-21(12-17)32-14-31-20/h3-8,11-13,25H,9-10,14H2,1-2H3,(H,26,27,28). The van der Waals surface area contributed by atoms with Crippen LogP contribution in [-0.2, 0) is 20.2 Å². The molecule has 9 heteroatoms. The lowest BCUT2D eigenvalue weighted by Crippen LogP contribution is -2.28. The van der Waals surface area contributed by atoms with Crippen molar-refractivity contribution in [1.82, 2.24) is 9.71 Å². The van der Waals surface area contributed by atoms with Gasteiger partial charge in [-0.15, -0.1) is 0 Å². The molecule has 0 bridgehead atoms. The number of nitrogens with zero attached hydrogens (tertiary/aromatic N) is 1. The normalized spacial score (nSPS) is 15.8. The van der Waals surface area contributed by atoms with E-state index in [9.17, 15) is 13.2 Å². The van der Waals surface area contributed by atoms with Gasteiger partial charge in [-0.1, -0.05) is 18.2 Å². The van der Waals surface area contributed by atoms with Gasteiger partial charge in [0.15, 0.2) is 11.5 Å². The first-order valence-corrected chi connectivity index (χ1v) is 12.0. The fourth-order valence-corrected chi connectivity index (χ4v) is 4.79. The average Bonchev–Trinajstić information content (AvgIpc) is 3.50. The number of carbonyl (C=O) groups excluding carboxylic acids is 1. The van der Waals surface area contributed by atoms with E-state index in [1.54, 1.807) is 30.5 Å². The average molecular weight is 466 g/mol. The molecular formula is C24H23N3O5S. The Morgan fingerprint density at radius 3 is 2.42 bits per heavy atom. The molecule has 1 fully saturated rings. The van der Waals surface area contributed by atoms with Crippen LogP contribution in [0.2, 0.25) is 0 Å². The van der Waals surface area contributed by atoms with Crippen molar-refractivity contribution in [3.8, 4) is 22.6 Å². The molecule has 1 aliphatic heterocycles. The Morgan fingerprint density at radius 1 is 1.03 bits per heavy atom. The van der Waals surface area contributed by atoms with Crippen molar-refractivity contribution < 1.29 is 22.7 Å². The van der Waals surface area contributed by atoms with Crippen LogP contribution < -0.4 is 19.5 Å². The van der Waals surface area contributed by atoms with E-state index < -0.39 is 15.4 Å². The van der Waals surface area contributed by atoms with Gasteiger partial charge in [0.25, 0.3) is 0 Å². The van der Waals surface area contributed by atoms with Crippen molar-refractivity contribution in [2.75, 3.05) is 19.2 Å². The fourth-order valence-electron chi connectivity index (χ4n) is 4.06. The quantitative estimate of drug-likeness (QED) is 0.578. The van der Waals surface area contributed by atoms with Crippen LogP contribution in [0, 0.1) is 6.92 Å². The van der Waals surface area contributed by atoms with Gasteiger partial charge < -0.3 is 14.8 Å². The zero-order valence-corrected chi connectivity index (χ0v) is 19.0. The van der Waals surface area contributed by atoms with Crippen LogP contribution in [0.5, 0.6) is 11.5 Å². The number of pyridine rings is 1. The number of benzene rings is 2. The molecule has 1 aliphatic carbocycles. The first-order valence-electron chi connectivity index (χ1n) is 10.5. The van der Waals surface area contributed by atoms with E-state index in [0.29, 0.717) is 17.3 Å². The molecule has 2 aliphatic rings. The predicted octanol–water partition coefficient (Wildman–Crippen LogP) is 3.36. The van der Waals surface area contributed by atoms with Crippen LogP contribution in [-0.4, -0.2) is 33.1 Å². The number of sulfonamides is 1. The summed E-state index contributed by atoms with van der Waals surface area (Å²) in [6.07, 6.45) is 3.21. The smallest absolute Gasteiger partial charge is 0.240 e. The highest BCUT2D eigenvalue weighted by Gasteiger charge is 2.51. The predicted molar refractivity (Wildman–Crippen MR) is 123 cm³/mol. The summed E-state index contributed by atoms with van der Waals surface area (Å²) in [7, 11) is -2.11. The van der Waals surface area contributed by atoms with E-state index >= 15 is 0 Å². The summed E-state index contributed by atoms with van der Waals surface area (Å²) >= 11 is 0. The monoisotopic (exact) mass is 465 g/mol. The second-order valence-electron chi connectivity index (χ2n) is 8.22. The summed E-state index contributed by atoms with van der Waals surface area (Å²) in [4.78, 5) is 17.8. The molecule has 1 amide bonds. The summed E-state index contributed by atoms with van der Waals surface area (Å²) in [5, 5.41) is 2.96. The third kappa shape index (κ3) is 3.83. The maximum atomic E-state index is 13.1. The van der Waals surface area contributed by atoms with Gasteiger partial charge in [-0.05, 0) is 73.8 Å². The largest absolute Gasteiger partial charge is 0.454 e. The molecule has 5 rings (SSSR count). The SMILES string of the molecule is CNS(=O)(=O)c1ccc(-c2cnc(NC(=O)C3(c4ccc5c(c4)OCO5)CC3)cc2C)cc1. The minimum atomic E-state index is -3.49. The zero-order chi connectivity index (χ0) is 23.2. The highest BCUT2D eigenvalue weighted by molar-refractivity contribution is 7.89. The molecule has 0 unspecified atom stereocenters. The van der Waals surface area contributed by atoms with Gasteiger partial charge in [0.05, 0.1) is 10.3 Å². The van der Waals surface area contributed by atoms with Crippen LogP contribution in [0.3, 0.4) is 0 Å². The number of anilines is 1. The number of amides is 1. The number of aryl methyl sites for hydroxylation is 1. The number of nitrogens with one attached hydrogen (secondary N) is 2. The van der Waals surface area contributed by atoms with E-state index in [2.05, 4.69) is 15.0 Å². The molecule has 2 N–H and O–H groups in total. The van der Waals surface area contributed by atoms with Crippen LogP contribution in [0.15, 0.2) is 59.6 Å². The minimum Gasteiger partial charge on any atom is -0.454 e. The van der Waals surface area contributed by atoms with Crippen molar-refractivity contribution in [3.63, 3.8) is 0 Å². The van der Waals surface area contributed by atoms with E-state index in [4.69, 9.17) is 9.47 Å². The van der Waals surface area contributed by atoms with Gasteiger partial charge in [-0.2, -0.15) is 0 Å². The number of rotatable bonds is 6. The molecule has 8 nitrogen and oxygen atoms in total. The Balaban J connectivity index is 1.34. The number of fused-ring (bicyclic) bond motifs is 1. The van der Waals surface area contributed by atoms with E-state index in [1.165, 1.54) is 7.05 Å². The van der Waals surface area contributed by atoms with Crippen LogP contribution in [0.1, 0.15) is 24.0 Å². The van der Waals surface area contributed by atoms with Gasteiger partial charge in [0.1, 0.15) is 5.82 Å². The minimum absolute atomic E-state index is 0.0948. The van der Waals surface area contributed by atoms with Gasteiger partial charge in [-0.25, -0.2) is 18.1 Å². The first-order chi connectivity index (χ1) is 15.8. The number of hydrogen-bond acceptors (Lipinski definition) is 6. The number of carbonyl (C=O) groups is 1. The summed E-state index contributed by atoms with van der Waals surface area (Å²) in [6.45, 7) is 2.12. The highest BCUT2D eigenvalue weighted by atomic mass is 32.2. The van der Waals surface area contributed by atoms with Crippen molar-refractivity contribution in [1.29, 1.82) is 0 Å². The molecular weight excluding hydrogens is 442 g/mol.